The van der Waals surface area contributed by atoms with Crippen LogP contribution in [-0.2, 0) is 4.79 Å². The molecule has 1 aromatic carbocycles. The fourth-order valence-electron chi connectivity index (χ4n) is 0.803. The van der Waals surface area contributed by atoms with E-state index in [4.69, 9.17) is 22.1 Å². The molecule has 0 saturated heterocycles. The Kier molecular flexibility index (Phi) is 3.73. The molecule has 70 valence electrons. The molecule has 0 fully saturated rings. The Labute approximate surface area is 81.4 Å². The number of nitrogens with two attached hydrogens (primary N) is 1. The van der Waals surface area contributed by atoms with Gasteiger partial charge >= 0.3 is 5.97 Å². The second kappa shape index (κ2) is 4.84. The van der Waals surface area contributed by atoms with Crippen LogP contribution in [0, 0.1) is 0 Å². The molecular weight excluding hydrogens is 190 g/mol. The van der Waals surface area contributed by atoms with E-state index in [1.807, 2.05) is 0 Å². The Morgan fingerprint density at radius 1 is 1.38 bits per heavy atom. The molecule has 1 rings (SSSR count). The molecule has 0 bridgehead atoms. The van der Waals surface area contributed by atoms with Gasteiger partial charge in [0.2, 0.25) is 0 Å². The third-order valence-electron chi connectivity index (χ3n) is 1.39. The minimum absolute atomic E-state index is 0.225. The minimum Gasteiger partial charge on any atom is -0.426 e. The first kappa shape index (κ1) is 10.0. The van der Waals surface area contributed by atoms with Gasteiger partial charge in [0.15, 0.2) is 0 Å². The van der Waals surface area contributed by atoms with Gasteiger partial charge in [-0.3, -0.25) is 4.79 Å². The summed E-state index contributed by atoms with van der Waals surface area (Å²) >= 11 is 5.65. The summed E-state index contributed by atoms with van der Waals surface area (Å²) in [5.74, 6) is 0.160. The van der Waals surface area contributed by atoms with E-state index < -0.39 is 0 Å². The first-order valence-electron chi connectivity index (χ1n) is 3.88. The molecular formula is C9H10ClNO2. The quantitative estimate of drug-likeness (QED) is 0.594. The van der Waals surface area contributed by atoms with E-state index in [0.29, 0.717) is 17.3 Å². The van der Waals surface area contributed by atoms with E-state index in [-0.39, 0.29) is 12.4 Å². The molecule has 13 heavy (non-hydrogen) atoms. The molecule has 0 atom stereocenters. The largest absolute Gasteiger partial charge is 0.426 e. The van der Waals surface area contributed by atoms with Crippen LogP contribution in [0.3, 0.4) is 0 Å². The van der Waals surface area contributed by atoms with Crippen molar-refractivity contribution >= 4 is 17.6 Å². The van der Waals surface area contributed by atoms with Crippen molar-refractivity contribution in [3.63, 3.8) is 0 Å². The molecule has 0 radical (unpaired) electrons. The minimum atomic E-state index is -0.329. The average Bonchev–Trinajstić information content (AvgIpc) is 2.09. The lowest BCUT2D eigenvalue weighted by Gasteiger charge is -2.02. The van der Waals surface area contributed by atoms with Crippen LogP contribution < -0.4 is 10.5 Å². The highest BCUT2D eigenvalue weighted by Gasteiger charge is 2.02. The molecule has 0 aromatic heterocycles. The second-order valence-electron chi connectivity index (χ2n) is 2.47. The number of ether oxygens (including phenoxy) is 1. The van der Waals surface area contributed by atoms with E-state index in [1.165, 1.54) is 0 Å². The Bertz CT molecular complexity index is 284. The molecule has 0 aliphatic rings. The zero-order valence-corrected chi connectivity index (χ0v) is 7.75. The maximum absolute atomic E-state index is 11.0. The van der Waals surface area contributed by atoms with Gasteiger partial charge in [0, 0.05) is 11.6 Å². The number of carbonyl (C=O) groups is 1. The molecule has 3 nitrogen and oxygen atoms in total. The van der Waals surface area contributed by atoms with Crippen LogP contribution in [0.25, 0.3) is 0 Å². The van der Waals surface area contributed by atoms with Crippen molar-refractivity contribution in [2.45, 2.75) is 6.42 Å². The zero-order valence-electron chi connectivity index (χ0n) is 7.00. The maximum atomic E-state index is 11.0. The monoisotopic (exact) mass is 199 g/mol. The molecule has 0 aliphatic carbocycles. The topological polar surface area (TPSA) is 52.3 Å². The molecule has 0 spiro atoms. The van der Waals surface area contributed by atoms with Crippen molar-refractivity contribution in [3.05, 3.63) is 29.3 Å². The van der Waals surface area contributed by atoms with Crippen LogP contribution in [0.2, 0.25) is 5.02 Å². The number of benzene rings is 1. The molecule has 0 unspecified atom stereocenters. The summed E-state index contributed by atoms with van der Waals surface area (Å²) in [4.78, 5) is 11.0. The number of rotatable bonds is 3. The van der Waals surface area contributed by atoms with Gasteiger partial charge in [-0.25, -0.2) is 0 Å². The normalized spacial score (nSPS) is 9.69. The summed E-state index contributed by atoms with van der Waals surface area (Å²) in [6, 6.07) is 6.59. The number of halogens is 1. The van der Waals surface area contributed by atoms with E-state index in [0.717, 1.165) is 0 Å². The number of hydrogen-bond donors (Lipinski definition) is 1. The Morgan fingerprint density at radius 2 is 2.00 bits per heavy atom. The lowest BCUT2D eigenvalue weighted by Crippen LogP contribution is -2.13. The zero-order chi connectivity index (χ0) is 9.68. The molecule has 0 amide bonds. The van der Waals surface area contributed by atoms with Crippen molar-refractivity contribution < 1.29 is 9.53 Å². The van der Waals surface area contributed by atoms with Crippen LogP contribution >= 0.6 is 11.6 Å². The molecule has 4 heteroatoms. The molecule has 0 saturated carbocycles. The summed E-state index contributed by atoms with van der Waals surface area (Å²) in [5, 5.41) is 0.610. The van der Waals surface area contributed by atoms with Gasteiger partial charge in [-0.05, 0) is 24.3 Å². The SMILES string of the molecule is NCCC(=O)Oc1ccc(Cl)cc1. The fourth-order valence-corrected chi connectivity index (χ4v) is 0.929. The Balaban J connectivity index is 2.54. The van der Waals surface area contributed by atoms with E-state index >= 15 is 0 Å². The number of carbonyl (C=O) groups excluding carboxylic acids is 1. The third-order valence-corrected chi connectivity index (χ3v) is 1.65. The highest BCUT2D eigenvalue weighted by molar-refractivity contribution is 6.30. The smallest absolute Gasteiger partial charge is 0.312 e. The van der Waals surface area contributed by atoms with Crippen LogP contribution in [-0.4, -0.2) is 12.5 Å². The summed E-state index contributed by atoms with van der Waals surface area (Å²) in [5.41, 5.74) is 5.19. The predicted octanol–water partition coefficient (Wildman–Crippen LogP) is 1.59. The summed E-state index contributed by atoms with van der Waals surface area (Å²) in [7, 11) is 0. The van der Waals surface area contributed by atoms with Gasteiger partial charge in [0.05, 0.1) is 6.42 Å². The lowest BCUT2D eigenvalue weighted by molar-refractivity contribution is -0.134. The maximum Gasteiger partial charge on any atom is 0.312 e. The molecule has 1 aromatic rings. The average molecular weight is 200 g/mol. The van der Waals surface area contributed by atoms with Crippen molar-refractivity contribution in [2.24, 2.45) is 5.73 Å². The second-order valence-corrected chi connectivity index (χ2v) is 2.90. The van der Waals surface area contributed by atoms with Gasteiger partial charge in [-0.1, -0.05) is 11.6 Å². The molecule has 2 N–H and O–H groups in total. The fraction of sp³-hybridized carbons (Fsp3) is 0.222. The van der Waals surface area contributed by atoms with Crippen LogP contribution in [0.5, 0.6) is 5.75 Å². The highest BCUT2D eigenvalue weighted by Crippen LogP contribution is 2.15. The van der Waals surface area contributed by atoms with Crippen LogP contribution in [0.4, 0.5) is 0 Å². The van der Waals surface area contributed by atoms with Gasteiger partial charge in [0.1, 0.15) is 5.75 Å². The first-order chi connectivity index (χ1) is 6.22. The Hall–Kier alpha value is -1.06. The van der Waals surface area contributed by atoms with Gasteiger partial charge < -0.3 is 10.5 Å². The highest BCUT2D eigenvalue weighted by atomic mass is 35.5. The third kappa shape index (κ3) is 3.44. The van der Waals surface area contributed by atoms with E-state index in [9.17, 15) is 4.79 Å². The van der Waals surface area contributed by atoms with Crippen molar-refractivity contribution in [3.8, 4) is 5.75 Å². The van der Waals surface area contributed by atoms with Crippen molar-refractivity contribution in [2.75, 3.05) is 6.54 Å². The standard InChI is InChI=1S/C9H10ClNO2/c10-7-1-3-8(4-2-7)13-9(12)5-6-11/h1-4H,5-6,11H2. The van der Waals surface area contributed by atoms with E-state index in [1.54, 1.807) is 24.3 Å². The van der Waals surface area contributed by atoms with Crippen LogP contribution in [0.1, 0.15) is 6.42 Å². The van der Waals surface area contributed by atoms with Crippen molar-refractivity contribution in [1.29, 1.82) is 0 Å². The van der Waals surface area contributed by atoms with E-state index in [2.05, 4.69) is 0 Å². The molecule has 0 heterocycles. The van der Waals surface area contributed by atoms with Gasteiger partial charge in [-0.15, -0.1) is 0 Å². The lowest BCUT2D eigenvalue weighted by atomic mass is 10.3. The first-order valence-corrected chi connectivity index (χ1v) is 4.26. The van der Waals surface area contributed by atoms with Gasteiger partial charge in [0.25, 0.3) is 0 Å². The number of hydrogen-bond acceptors (Lipinski definition) is 3. The summed E-state index contributed by atoms with van der Waals surface area (Å²) in [6.07, 6.45) is 0.225. The van der Waals surface area contributed by atoms with Crippen molar-refractivity contribution in [1.82, 2.24) is 0 Å². The van der Waals surface area contributed by atoms with Gasteiger partial charge in [-0.2, -0.15) is 0 Å². The Morgan fingerprint density at radius 3 is 2.54 bits per heavy atom. The summed E-state index contributed by atoms with van der Waals surface area (Å²) < 4.78 is 4.93. The van der Waals surface area contributed by atoms with Crippen LogP contribution in [0.15, 0.2) is 24.3 Å². The summed E-state index contributed by atoms with van der Waals surface area (Å²) in [6.45, 7) is 0.298. The predicted molar refractivity (Wildman–Crippen MR) is 50.8 cm³/mol. The number of esters is 1. The molecule has 0 aliphatic heterocycles.